The zero-order valence-corrected chi connectivity index (χ0v) is 9.60. The van der Waals surface area contributed by atoms with Crippen LogP contribution in [0.4, 0.5) is 4.39 Å². The van der Waals surface area contributed by atoms with Crippen molar-refractivity contribution in [3.05, 3.63) is 29.6 Å². The second-order valence-electron chi connectivity index (χ2n) is 3.83. The molecular weight excluding hydrogens is 221 g/mol. The molecule has 0 amide bonds. The Morgan fingerprint density at radius 2 is 2.24 bits per heavy atom. The van der Waals surface area contributed by atoms with E-state index in [0.717, 1.165) is 17.5 Å². The van der Waals surface area contributed by atoms with Crippen molar-refractivity contribution >= 4 is 0 Å². The van der Waals surface area contributed by atoms with E-state index in [9.17, 15) is 4.39 Å². The van der Waals surface area contributed by atoms with Crippen LogP contribution >= 0.6 is 0 Å². The quantitative estimate of drug-likeness (QED) is 0.862. The molecule has 17 heavy (non-hydrogen) atoms. The van der Waals surface area contributed by atoms with E-state index < -0.39 is 0 Å². The lowest BCUT2D eigenvalue weighted by molar-refractivity contribution is 0.568. The summed E-state index contributed by atoms with van der Waals surface area (Å²) in [4.78, 5) is 0. The molecule has 2 aromatic rings. The van der Waals surface area contributed by atoms with Crippen molar-refractivity contribution in [3.8, 4) is 11.4 Å². The summed E-state index contributed by atoms with van der Waals surface area (Å²) in [7, 11) is 0. The molecule has 0 aliphatic heterocycles. The molecule has 1 aromatic carbocycles. The Bertz CT molecular complexity index is 508. The lowest BCUT2D eigenvalue weighted by atomic mass is 10.1. The SMILES string of the molecule is Cc1cc(F)ccc1-c1nnnn1CCCN. The second kappa shape index (κ2) is 5.01. The molecule has 0 saturated heterocycles. The summed E-state index contributed by atoms with van der Waals surface area (Å²) in [5, 5.41) is 11.5. The third kappa shape index (κ3) is 2.47. The summed E-state index contributed by atoms with van der Waals surface area (Å²) in [5.74, 6) is 0.392. The van der Waals surface area contributed by atoms with E-state index in [1.165, 1.54) is 12.1 Å². The first-order chi connectivity index (χ1) is 8.22. The van der Waals surface area contributed by atoms with Gasteiger partial charge < -0.3 is 5.73 Å². The maximum atomic E-state index is 13.0. The predicted molar refractivity (Wildman–Crippen MR) is 61.6 cm³/mol. The first-order valence-electron chi connectivity index (χ1n) is 5.45. The van der Waals surface area contributed by atoms with Gasteiger partial charge in [0, 0.05) is 12.1 Å². The summed E-state index contributed by atoms with van der Waals surface area (Å²) in [6.07, 6.45) is 0.804. The summed E-state index contributed by atoms with van der Waals surface area (Å²) < 4.78 is 14.7. The topological polar surface area (TPSA) is 69.6 Å². The number of hydrogen-bond donors (Lipinski definition) is 1. The largest absolute Gasteiger partial charge is 0.330 e. The average molecular weight is 235 g/mol. The van der Waals surface area contributed by atoms with Gasteiger partial charge in [-0.2, -0.15) is 0 Å². The molecule has 6 heteroatoms. The molecule has 0 unspecified atom stereocenters. The molecule has 0 aliphatic carbocycles. The van der Waals surface area contributed by atoms with Crippen LogP contribution in [0, 0.1) is 12.7 Å². The lowest BCUT2D eigenvalue weighted by Gasteiger charge is -2.06. The summed E-state index contributed by atoms with van der Waals surface area (Å²) >= 11 is 0. The van der Waals surface area contributed by atoms with E-state index in [-0.39, 0.29) is 5.82 Å². The number of tetrazole rings is 1. The van der Waals surface area contributed by atoms with Crippen LogP contribution in [0.15, 0.2) is 18.2 Å². The van der Waals surface area contributed by atoms with E-state index in [4.69, 9.17) is 5.73 Å². The maximum Gasteiger partial charge on any atom is 0.182 e. The highest BCUT2D eigenvalue weighted by molar-refractivity contribution is 5.59. The van der Waals surface area contributed by atoms with Crippen LogP contribution in [0.1, 0.15) is 12.0 Å². The Kier molecular flexibility index (Phi) is 3.43. The Hall–Kier alpha value is -1.82. The Morgan fingerprint density at radius 3 is 2.94 bits per heavy atom. The first-order valence-corrected chi connectivity index (χ1v) is 5.45. The standard InChI is InChI=1S/C11H14FN5/c1-8-7-9(12)3-4-10(8)11-14-15-16-17(11)6-2-5-13/h3-4,7H,2,5-6,13H2,1H3. The van der Waals surface area contributed by atoms with Gasteiger partial charge in [-0.15, -0.1) is 5.10 Å². The molecule has 0 fully saturated rings. The van der Waals surface area contributed by atoms with E-state index in [2.05, 4.69) is 15.5 Å². The minimum absolute atomic E-state index is 0.257. The molecule has 5 nitrogen and oxygen atoms in total. The van der Waals surface area contributed by atoms with Crippen molar-refractivity contribution in [2.75, 3.05) is 6.54 Å². The normalized spacial score (nSPS) is 10.8. The van der Waals surface area contributed by atoms with Gasteiger partial charge in [0.2, 0.25) is 0 Å². The Morgan fingerprint density at radius 1 is 1.41 bits per heavy atom. The monoisotopic (exact) mass is 235 g/mol. The van der Waals surface area contributed by atoms with Crippen LogP contribution in [-0.4, -0.2) is 26.8 Å². The second-order valence-corrected chi connectivity index (χ2v) is 3.83. The fraction of sp³-hybridized carbons (Fsp3) is 0.364. The van der Waals surface area contributed by atoms with Crippen LogP contribution in [0.5, 0.6) is 0 Å². The summed E-state index contributed by atoms with van der Waals surface area (Å²) in [6.45, 7) is 3.08. The molecule has 2 rings (SSSR count). The van der Waals surface area contributed by atoms with Gasteiger partial charge in [-0.1, -0.05) is 0 Å². The third-order valence-corrected chi connectivity index (χ3v) is 2.54. The van der Waals surface area contributed by atoms with Crippen molar-refractivity contribution in [1.82, 2.24) is 20.2 Å². The molecule has 0 atom stereocenters. The fourth-order valence-corrected chi connectivity index (χ4v) is 1.67. The maximum absolute atomic E-state index is 13.0. The third-order valence-electron chi connectivity index (χ3n) is 2.54. The van der Waals surface area contributed by atoms with Gasteiger partial charge in [-0.3, -0.25) is 0 Å². The van der Waals surface area contributed by atoms with E-state index in [1.807, 2.05) is 6.92 Å². The highest BCUT2D eigenvalue weighted by Gasteiger charge is 2.11. The molecule has 1 aromatic heterocycles. The van der Waals surface area contributed by atoms with Gasteiger partial charge >= 0.3 is 0 Å². The van der Waals surface area contributed by atoms with Gasteiger partial charge in [-0.25, -0.2) is 9.07 Å². The number of rotatable bonds is 4. The number of aryl methyl sites for hydroxylation is 2. The van der Waals surface area contributed by atoms with Crippen molar-refractivity contribution in [1.29, 1.82) is 0 Å². The number of hydrogen-bond acceptors (Lipinski definition) is 4. The van der Waals surface area contributed by atoms with E-state index in [1.54, 1.807) is 10.7 Å². The first kappa shape index (κ1) is 11.7. The van der Waals surface area contributed by atoms with Crippen molar-refractivity contribution in [3.63, 3.8) is 0 Å². The lowest BCUT2D eigenvalue weighted by Crippen LogP contribution is -2.08. The molecule has 0 radical (unpaired) electrons. The van der Waals surface area contributed by atoms with Crippen LogP contribution in [0.25, 0.3) is 11.4 Å². The zero-order chi connectivity index (χ0) is 12.3. The van der Waals surface area contributed by atoms with Crippen molar-refractivity contribution < 1.29 is 4.39 Å². The summed E-state index contributed by atoms with van der Waals surface area (Å²) in [5.41, 5.74) is 7.11. The van der Waals surface area contributed by atoms with Crippen LogP contribution in [0.2, 0.25) is 0 Å². The highest BCUT2D eigenvalue weighted by Crippen LogP contribution is 2.21. The highest BCUT2D eigenvalue weighted by atomic mass is 19.1. The van der Waals surface area contributed by atoms with Crippen molar-refractivity contribution in [2.24, 2.45) is 5.73 Å². The molecule has 1 heterocycles. The predicted octanol–water partition coefficient (Wildman–Crippen LogP) is 1.14. The molecule has 0 spiro atoms. The Balaban J connectivity index is 2.35. The molecule has 2 N–H and O–H groups in total. The number of halogens is 1. The zero-order valence-electron chi connectivity index (χ0n) is 9.60. The minimum Gasteiger partial charge on any atom is -0.330 e. The Labute approximate surface area is 98.4 Å². The molecule has 0 saturated carbocycles. The van der Waals surface area contributed by atoms with Crippen LogP contribution < -0.4 is 5.73 Å². The summed E-state index contributed by atoms with van der Waals surface area (Å²) in [6, 6.07) is 4.57. The van der Waals surface area contributed by atoms with Crippen LogP contribution in [0.3, 0.4) is 0 Å². The van der Waals surface area contributed by atoms with Gasteiger partial charge in [0.15, 0.2) is 5.82 Å². The van der Waals surface area contributed by atoms with E-state index >= 15 is 0 Å². The molecule has 0 aliphatic rings. The molecular formula is C11H14FN5. The van der Waals surface area contributed by atoms with Crippen LogP contribution in [-0.2, 0) is 6.54 Å². The fourth-order valence-electron chi connectivity index (χ4n) is 1.67. The number of aromatic nitrogens is 4. The van der Waals surface area contributed by atoms with Gasteiger partial charge in [0.25, 0.3) is 0 Å². The number of nitrogens with zero attached hydrogens (tertiary/aromatic N) is 4. The minimum atomic E-state index is -0.257. The molecule has 90 valence electrons. The van der Waals surface area contributed by atoms with Gasteiger partial charge in [-0.05, 0) is 54.1 Å². The van der Waals surface area contributed by atoms with Gasteiger partial charge in [0.1, 0.15) is 5.82 Å². The smallest absolute Gasteiger partial charge is 0.182 e. The van der Waals surface area contributed by atoms with E-state index in [0.29, 0.717) is 18.9 Å². The molecule has 0 bridgehead atoms. The number of nitrogens with two attached hydrogens (primary N) is 1. The van der Waals surface area contributed by atoms with Gasteiger partial charge in [0.05, 0.1) is 0 Å². The van der Waals surface area contributed by atoms with Crippen molar-refractivity contribution in [2.45, 2.75) is 19.9 Å². The number of benzene rings is 1. The average Bonchev–Trinajstić information content (AvgIpc) is 2.74.